The summed E-state index contributed by atoms with van der Waals surface area (Å²) in [5.74, 6) is 0.912. The second-order valence-corrected chi connectivity index (χ2v) is 7.67. The van der Waals surface area contributed by atoms with Crippen molar-refractivity contribution in [2.24, 2.45) is 4.99 Å². The molecule has 4 N–H and O–H groups in total. The Balaban J connectivity index is 1.60. The number of anilines is 1. The zero-order chi connectivity index (χ0) is 22.2. The van der Waals surface area contributed by atoms with E-state index in [0.717, 1.165) is 24.2 Å². The number of H-pyrrole nitrogens is 2. The van der Waals surface area contributed by atoms with Gasteiger partial charge in [0.25, 0.3) is 5.62 Å². The van der Waals surface area contributed by atoms with Gasteiger partial charge in [0.05, 0.1) is 25.4 Å². The number of aromatic hydroxyl groups is 1. The minimum absolute atomic E-state index is 0.0956. The summed E-state index contributed by atoms with van der Waals surface area (Å²) in [7, 11) is 1.63. The van der Waals surface area contributed by atoms with Gasteiger partial charge in [0.2, 0.25) is 11.8 Å². The number of aromatic amines is 2. The number of methoxy groups -OCH3 is 1. The summed E-state index contributed by atoms with van der Waals surface area (Å²) in [6.07, 6.45) is 5.23. The molecule has 0 radical (unpaired) electrons. The minimum Gasteiger partial charge on any atom is -0.497 e. The van der Waals surface area contributed by atoms with Gasteiger partial charge in [-0.25, -0.2) is 9.79 Å². The molecular weight excluding hydrogens is 412 g/mol. The maximum Gasteiger partial charge on any atom is 0.326 e. The molecule has 1 fully saturated rings. The van der Waals surface area contributed by atoms with Crippen LogP contribution >= 0.6 is 0 Å². The molecule has 164 valence electrons. The fourth-order valence-corrected chi connectivity index (χ4v) is 3.33. The number of ether oxygens (including phenoxy) is 1. The summed E-state index contributed by atoms with van der Waals surface area (Å²) < 4.78 is 6.88. The second kappa shape index (κ2) is 7.84. The quantitative estimate of drug-likeness (QED) is 0.348. The minimum atomic E-state index is -0.501. The SMILES string of the molecule is COc1cccc([C@H](C)Nc2nc(=NC3CC3)n3nc/c(=C\c4[nH]c(=O)[nH]c4O)c3n2)c1. The molecule has 4 aromatic rings. The van der Waals surface area contributed by atoms with Crippen LogP contribution < -0.4 is 26.6 Å². The van der Waals surface area contributed by atoms with Gasteiger partial charge in [-0.2, -0.15) is 19.6 Å². The van der Waals surface area contributed by atoms with E-state index in [1.54, 1.807) is 23.9 Å². The molecule has 1 aromatic carbocycles. The van der Waals surface area contributed by atoms with Gasteiger partial charge in [0.15, 0.2) is 5.65 Å². The smallest absolute Gasteiger partial charge is 0.326 e. The van der Waals surface area contributed by atoms with E-state index in [4.69, 9.17) is 4.74 Å². The number of benzene rings is 1. The van der Waals surface area contributed by atoms with Crippen molar-refractivity contribution in [2.75, 3.05) is 12.4 Å². The van der Waals surface area contributed by atoms with Crippen LogP contribution in [0.1, 0.15) is 37.1 Å². The molecule has 11 nitrogen and oxygen atoms in total. The predicted octanol–water partition coefficient (Wildman–Crippen LogP) is 0.639. The van der Waals surface area contributed by atoms with Gasteiger partial charge in [-0.1, -0.05) is 12.1 Å². The Hall–Kier alpha value is -4.15. The van der Waals surface area contributed by atoms with Crippen molar-refractivity contribution in [1.82, 2.24) is 29.5 Å². The Morgan fingerprint density at radius 1 is 1.34 bits per heavy atom. The Bertz CT molecular complexity index is 1460. The standard InChI is InChI=1S/C21H22N8O3/c1-11(12-4-3-5-15(8-12)32-2)23-19-26-17-13(9-16-18(30)27-21(31)25-16)10-22-29(17)20(28-19)24-14-6-7-14/h3-5,8-11,14,30H,6-7H2,1-2H3,(H,23,24,28)(H2,25,27,31)/b13-9+/t11-/m0/s1. The number of hydrogen-bond donors (Lipinski definition) is 4. The van der Waals surface area contributed by atoms with Gasteiger partial charge in [0, 0.05) is 5.22 Å². The predicted molar refractivity (Wildman–Crippen MR) is 116 cm³/mol. The first kappa shape index (κ1) is 19.8. The third-order valence-electron chi connectivity index (χ3n) is 5.20. The van der Waals surface area contributed by atoms with Crippen molar-refractivity contribution < 1.29 is 9.84 Å². The number of imidazole rings is 1. The van der Waals surface area contributed by atoms with Crippen molar-refractivity contribution in [3.8, 4) is 11.6 Å². The van der Waals surface area contributed by atoms with E-state index < -0.39 is 5.69 Å². The Morgan fingerprint density at radius 2 is 2.19 bits per heavy atom. The third kappa shape index (κ3) is 3.92. The van der Waals surface area contributed by atoms with Crippen LogP contribution in [0.15, 0.2) is 40.2 Å². The van der Waals surface area contributed by atoms with E-state index in [1.165, 1.54) is 0 Å². The first-order valence-corrected chi connectivity index (χ1v) is 10.2. The summed E-state index contributed by atoms with van der Waals surface area (Å²) in [4.78, 5) is 30.2. The normalized spacial score (nSPS) is 15.9. The zero-order valence-corrected chi connectivity index (χ0v) is 17.5. The zero-order valence-electron chi connectivity index (χ0n) is 17.5. The highest BCUT2D eigenvalue weighted by Crippen LogP contribution is 2.23. The fraction of sp³-hybridized carbons (Fsp3) is 0.286. The number of aromatic nitrogens is 6. The van der Waals surface area contributed by atoms with Crippen LogP contribution in [0, 0.1) is 0 Å². The molecule has 5 rings (SSSR count). The molecule has 1 saturated carbocycles. The van der Waals surface area contributed by atoms with E-state index in [2.05, 4.69) is 35.3 Å². The van der Waals surface area contributed by atoms with Crippen LogP contribution in [0.5, 0.6) is 11.6 Å². The van der Waals surface area contributed by atoms with Gasteiger partial charge in [-0.3, -0.25) is 4.98 Å². The van der Waals surface area contributed by atoms with Gasteiger partial charge < -0.3 is 20.1 Å². The molecule has 32 heavy (non-hydrogen) atoms. The van der Waals surface area contributed by atoms with Crippen molar-refractivity contribution >= 4 is 17.7 Å². The first-order chi connectivity index (χ1) is 15.5. The van der Waals surface area contributed by atoms with Gasteiger partial charge in [-0.15, -0.1) is 0 Å². The molecule has 0 aliphatic heterocycles. The molecule has 3 heterocycles. The lowest BCUT2D eigenvalue weighted by atomic mass is 10.1. The molecule has 1 aliphatic rings. The molecule has 0 spiro atoms. The average molecular weight is 434 g/mol. The molecule has 1 aliphatic carbocycles. The number of fused-ring (bicyclic) bond motifs is 1. The maximum atomic E-state index is 11.5. The highest BCUT2D eigenvalue weighted by molar-refractivity contribution is 5.57. The Labute approximate surface area is 181 Å². The van der Waals surface area contributed by atoms with Crippen LogP contribution in [0.2, 0.25) is 0 Å². The lowest BCUT2D eigenvalue weighted by Gasteiger charge is -2.15. The van der Waals surface area contributed by atoms with Crippen LogP contribution in [0.25, 0.3) is 11.7 Å². The van der Waals surface area contributed by atoms with E-state index in [1.807, 2.05) is 31.2 Å². The molecule has 3 aromatic heterocycles. The van der Waals surface area contributed by atoms with Gasteiger partial charge >= 0.3 is 5.69 Å². The third-order valence-corrected chi connectivity index (χ3v) is 5.20. The van der Waals surface area contributed by atoms with Crippen LogP contribution in [-0.2, 0) is 0 Å². The van der Waals surface area contributed by atoms with Gasteiger partial charge in [-0.05, 0) is 43.5 Å². The van der Waals surface area contributed by atoms with Crippen LogP contribution in [-0.4, -0.2) is 47.8 Å². The van der Waals surface area contributed by atoms with Crippen molar-refractivity contribution in [3.63, 3.8) is 0 Å². The second-order valence-electron chi connectivity index (χ2n) is 7.67. The number of hydrogen-bond acceptors (Lipinski definition) is 8. The summed E-state index contributed by atoms with van der Waals surface area (Å²) in [5.41, 5.74) is 1.70. The molecule has 0 bridgehead atoms. The summed E-state index contributed by atoms with van der Waals surface area (Å²) in [5, 5.41) is 18.2. The number of nitrogens with zero attached hydrogens (tertiary/aromatic N) is 5. The highest BCUT2D eigenvalue weighted by atomic mass is 16.5. The molecular formula is C21H22N8O3. The fourth-order valence-electron chi connectivity index (χ4n) is 3.33. The van der Waals surface area contributed by atoms with Crippen molar-refractivity contribution in [1.29, 1.82) is 0 Å². The first-order valence-electron chi connectivity index (χ1n) is 10.2. The lowest BCUT2D eigenvalue weighted by Crippen LogP contribution is -2.25. The Morgan fingerprint density at radius 3 is 2.91 bits per heavy atom. The van der Waals surface area contributed by atoms with E-state index >= 15 is 0 Å². The monoisotopic (exact) mass is 434 g/mol. The van der Waals surface area contributed by atoms with Crippen molar-refractivity contribution in [2.45, 2.75) is 31.8 Å². The average Bonchev–Trinajstić information content (AvgIpc) is 3.42. The molecule has 0 unspecified atom stereocenters. The van der Waals surface area contributed by atoms with Crippen molar-refractivity contribution in [3.05, 3.63) is 63.0 Å². The van der Waals surface area contributed by atoms with E-state index in [-0.39, 0.29) is 23.7 Å². The largest absolute Gasteiger partial charge is 0.497 e. The molecule has 1 atom stereocenters. The number of rotatable bonds is 6. The summed E-state index contributed by atoms with van der Waals surface area (Å²) >= 11 is 0. The molecule has 0 amide bonds. The maximum absolute atomic E-state index is 11.5. The van der Waals surface area contributed by atoms with Crippen LogP contribution in [0.4, 0.5) is 5.95 Å². The van der Waals surface area contributed by atoms with E-state index in [9.17, 15) is 9.90 Å². The van der Waals surface area contributed by atoms with Gasteiger partial charge in [0.1, 0.15) is 11.4 Å². The lowest BCUT2D eigenvalue weighted by molar-refractivity contribution is 0.414. The highest BCUT2D eigenvalue weighted by Gasteiger charge is 2.21. The van der Waals surface area contributed by atoms with Crippen LogP contribution in [0.3, 0.4) is 0 Å². The summed E-state index contributed by atoms with van der Waals surface area (Å²) in [6.45, 7) is 2.01. The Kier molecular flexibility index (Phi) is 4.85. The topological polar surface area (TPSA) is 146 Å². The summed E-state index contributed by atoms with van der Waals surface area (Å²) in [6, 6.07) is 7.91. The number of nitrogens with one attached hydrogen (secondary N) is 3. The van der Waals surface area contributed by atoms with E-state index in [0.29, 0.717) is 22.4 Å². The molecule has 0 saturated heterocycles. The molecule has 11 heteroatoms.